The highest BCUT2D eigenvalue weighted by atomic mass is 15.6. The zero-order valence-electron chi connectivity index (χ0n) is 31.6. The Bertz CT molecular complexity index is 2570. The van der Waals surface area contributed by atoms with Crippen molar-refractivity contribution < 1.29 is 18.5 Å². The Balaban J connectivity index is -0.0000000758. The second-order valence-corrected chi connectivity index (χ2v) is 11.0. The lowest BCUT2D eigenvalue weighted by Crippen LogP contribution is -2.36. The molecule has 1 fully saturated rings. The lowest BCUT2D eigenvalue weighted by Gasteiger charge is -2.31. The number of pyridine rings is 1. The number of hydrogen-bond acceptors (Lipinski definition) is 9. The maximum atomic E-state index is 6.00. The minimum Gasteiger partial charge on any atom is -0.383 e. The van der Waals surface area contributed by atoms with E-state index in [2.05, 4.69) is 207 Å². The first-order chi connectivity index (χ1) is 28.4. The topological polar surface area (TPSA) is 195 Å². The summed E-state index contributed by atoms with van der Waals surface area (Å²) in [4.78, 5) is 17.9. The molecule has 6 N–H and O–H groups in total. The van der Waals surface area contributed by atoms with Crippen molar-refractivity contribution in [3.8, 4) is 131 Å². The third-order valence-electron chi connectivity index (χ3n) is 7.12. The number of nitrogens with zero attached hydrogens (tertiary/aromatic N) is 10. The molecule has 4 rings (SSSR count). The quantitative estimate of drug-likeness (QED) is 0.0803. The number of fused-ring (bicyclic) bond motifs is 1. The van der Waals surface area contributed by atoms with Gasteiger partial charge in [0.1, 0.15) is 17.5 Å². The monoisotopic (exact) mass is 785 g/mol. The average Bonchev–Trinajstić information content (AvgIpc) is 3.24. The zero-order chi connectivity index (χ0) is 41.9. The molecule has 0 aliphatic carbocycles. The van der Waals surface area contributed by atoms with Crippen LogP contribution in [-0.4, -0.2) is 53.6 Å². The predicted octanol–water partition coefficient (Wildman–Crippen LogP) is 7.10. The van der Waals surface area contributed by atoms with E-state index in [9.17, 15) is 0 Å². The summed E-state index contributed by atoms with van der Waals surface area (Å²) in [5.74, 6) is 55.7. The summed E-state index contributed by atoms with van der Waals surface area (Å²) in [6, 6.07) is 8.17. The molecule has 3 aromatic rings. The molecule has 1 aromatic carbocycles. The number of nitrogens with two attached hydrogens (primary N) is 2. The maximum Gasteiger partial charge on any atom is 0.146 e. The third-order valence-corrected chi connectivity index (χ3v) is 7.12. The molecule has 14 nitrogen and oxygen atoms in total. The number of hydrogen-bond donors (Lipinski definition) is 4. The molecular weight excluding hydrogens is 725 g/mol. The number of aromatic nitrogens is 3. The maximum absolute atomic E-state index is 6.00. The van der Waals surface area contributed by atoms with Crippen molar-refractivity contribution in [1.82, 2.24) is 19.9 Å². The first kappa shape index (κ1) is 45.0. The standard InChI is InChI=1S/C22H29N7.C22H2.H3N7.13H2/c1-28-9-6-16(7-10-28)15-29(2)21-14-26-20(13-27-21)25-12-17-3-4-19-18(11-17)5-8-24-22(19)23;1-3-5-7-9-11-13-15-17-19-21-22-20-18-16-14-12-10-8-6-4-2;1-3-5-7-6-4-2;;;;;;;;;;;;;/h3-5,8,11,13-14,16H,6-7,9-10,12,15H2,1-2H3,(H2,23,24)(H,25,26);1-2H;(H3,1,2,5,6);13*1H. The summed E-state index contributed by atoms with van der Waals surface area (Å²) in [5.41, 5.74) is 13.1. The highest BCUT2D eigenvalue weighted by molar-refractivity contribution is 5.91. The Hall–Kier alpha value is -9.17. The van der Waals surface area contributed by atoms with Gasteiger partial charge in [0, 0.05) is 73.9 Å². The van der Waals surface area contributed by atoms with Gasteiger partial charge in [0.05, 0.1) is 12.4 Å². The van der Waals surface area contributed by atoms with Crippen LogP contribution in [0.3, 0.4) is 0 Å². The molecule has 0 spiro atoms. The van der Waals surface area contributed by atoms with Gasteiger partial charge in [-0.3, -0.25) is 0 Å². The number of terminal acetylenes is 2. The Morgan fingerprint density at radius 3 is 1.83 bits per heavy atom. The van der Waals surface area contributed by atoms with Gasteiger partial charge in [-0.15, -0.1) is 12.8 Å². The molecule has 1 aliphatic heterocycles. The molecule has 3 heterocycles. The Labute approximate surface area is 358 Å². The van der Waals surface area contributed by atoms with Crippen molar-refractivity contribution in [1.29, 1.82) is 5.53 Å². The molecular formula is C44H60N14. The van der Waals surface area contributed by atoms with Gasteiger partial charge < -0.3 is 26.7 Å². The van der Waals surface area contributed by atoms with Crippen LogP contribution in [0.25, 0.3) is 10.8 Å². The summed E-state index contributed by atoms with van der Waals surface area (Å²) in [6.07, 6.45) is 17.7. The first-order valence-electron chi connectivity index (χ1n) is 16.8. The van der Waals surface area contributed by atoms with Gasteiger partial charge in [0.2, 0.25) is 0 Å². The van der Waals surface area contributed by atoms with Gasteiger partial charge in [-0.25, -0.2) is 15.0 Å². The fraction of sp³-hybridized carbons (Fsp3) is 0.205. The molecule has 58 heavy (non-hydrogen) atoms. The van der Waals surface area contributed by atoms with E-state index in [1.165, 1.54) is 25.9 Å². The van der Waals surface area contributed by atoms with E-state index in [4.69, 9.17) is 24.1 Å². The molecule has 0 atom stereocenters. The minimum atomic E-state index is 0. The third kappa shape index (κ3) is 20.2. The van der Waals surface area contributed by atoms with Crippen molar-refractivity contribution in [3.63, 3.8) is 0 Å². The lowest BCUT2D eigenvalue weighted by atomic mass is 9.97. The molecule has 0 bridgehead atoms. The smallest absolute Gasteiger partial charge is 0.146 e. The van der Waals surface area contributed by atoms with Gasteiger partial charge >= 0.3 is 0 Å². The van der Waals surface area contributed by atoms with Gasteiger partial charge in [0.15, 0.2) is 0 Å². The van der Waals surface area contributed by atoms with Gasteiger partial charge in [-0.2, -0.15) is 5.53 Å². The van der Waals surface area contributed by atoms with Crippen molar-refractivity contribution in [2.24, 2.45) is 37.9 Å². The normalized spacial score (nSPS) is 10.5. The Kier molecular flexibility index (Phi) is 22.7. The van der Waals surface area contributed by atoms with Crippen LogP contribution >= 0.6 is 0 Å². The van der Waals surface area contributed by atoms with Gasteiger partial charge in [0.25, 0.3) is 0 Å². The van der Waals surface area contributed by atoms with Crippen LogP contribution in [0.15, 0.2) is 69.0 Å². The number of nitrogens with one attached hydrogen (secondary N) is 2. The van der Waals surface area contributed by atoms with Crippen LogP contribution in [0.2, 0.25) is 0 Å². The van der Waals surface area contributed by atoms with Gasteiger partial charge in [-0.1, -0.05) is 17.4 Å². The number of rotatable bonds is 8. The molecule has 0 saturated carbocycles. The summed E-state index contributed by atoms with van der Waals surface area (Å²) in [7, 11) is 4.30. The van der Waals surface area contributed by atoms with Crippen LogP contribution in [0.5, 0.6) is 0 Å². The second-order valence-electron chi connectivity index (χ2n) is 11.0. The number of piperidine rings is 1. The highest BCUT2D eigenvalue weighted by Crippen LogP contribution is 2.21. The summed E-state index contributed by atoms with van der Waals surface area (Å²) >= 11 is 0. The van der Waals surface area contributed by atoms with Crippen LogP contribution in [-0.2, 0) is 6.54 Å². The fourth-order valence-corrected chi connectivity index (χ4v) is 4.52. The first-order valence-corrected chi connectivity index (χ1v) is 16.8. The molecule has 2 aromatic heterocycles. The number of anilines is 3. The molecule has 1 aliphatic rings. The SMILES string of the molecule is C#CC#CC#CC#CC#CC#CC#CC#CC#CC#CC#C.CN1CCC(CN(C)c2cnc(NCc3ccc4c(N)nccc4c3)cn2)CC1.N=N/N=N/N=N/N.[HH].[HH].[HH].[HH].[HH].[HH].[HH].[HH].[HH].[HH].[HH].[HH].[HH]. The lowest BCUT2D eigenvalue weighted by molar-refractivity contribution is 0.222. The van der Waals surface area contributed by atoms with E-state index in [1.54, 1.807) is 6.20 Å². The summed E-state index contributed by atoms with van der Waals surface area (Å²) in [5, 5.41) is 18.9. The largest absolute Gasteiger partial charge is 0.383 e. The van der Waals surface area contributed by atoms with Crippen LogP contribution in [0.1, 0.15) is 37.0 Å². The van der Waals surface area contributed by atoms with E-state index in [1.807, 2.05) is 24.5 Å². The highest BCUT2D eigenvalue weighted by Gasteiger charge is 2.18. The molecule has 1 saturated heterocycles. The summed E-state index contributed by atoms with van der Waals surface area (Å²) in [6.45, 7) is 4.08. The zero-order valence-corrected chi connectivity index (χ0v) is 31.6. The predicted molar refractivity (Wildman–Crippen MR) is 253 cm³/mol. The number of benzene rings is 1. The molecule has 0 radical (unpaired) electrons. The van der Waals surface area contributed by atoms with E-state index in [0.717, 1.165) is 40.4 Å². The number of nitrogen functional groups attached to an aromatic ring is 1. The number of likely N-dealkylation sites (tertiary alicyclic amines) is 1. The van der Waals surface area contributed by atoms with Crippen LogP contribution < -0.4 is 21.8 Å². The van der Waals surface area contributed by atoms with Crippen molar-refractivity contribution in [3.05, 3.63) is 48.4 Å². The molecule has 0 amide bonds. The van der Waals surface area contributed by atoms with Crippen molar-refractivity contribution in [2.75, 3.05) is 49.7 Å². The second kappa shape index (κ2) is 29.3. The Morgan fingerprint density at radius 2 is 1.34 bits per heavy atom. The van der Waals surface area contributed by atoms with E-state index >= 15 is 0 Å². The fourth-order valence-electron chi connectivity index (χ4n) is 4.52. The Morgan fingerprint density at radius 1 is 0.793 bits per heavy atom. The van der Waals surface area contributed by atoms with Crippen LogP contribution in [0, 0.1) is 143 Å². The summed E-state index contributed by atoms with van der Waals surface area (Å²) < 4.78 is 0. The molecule has 0 unspecified atom stereocenters. The van der Waals surface area contributed by atoms with E-state index in [0.29, 0.717) is 12.4 Å². The minimum absolute atomic E-state index is 0. The van der Waals surface area contributed by atoms with E-state index < -0.39 is 0 Å². The van der Waals surface area contributed by atoms with Crippen molar-refractivity contribution in [2.45, 2.75) is 19.4 Å². The molecule has 306 valence electrons. The van der Waals surface area contributed by atoms with E-state index in [-0.39, 0.29) is 18.5 Å². The van der Waals surface area contributed by atoms with Crippen molar-refractivity contribution >= 4 is 28.2 Å². The average molecular weight is 785 g/mol. The van der Waals surface area contributed by atoms with Gasteiger partial charge in [-0.05, 0) is 178 Å². The van der Waals surface area contributed by atoms with Crippen LogP contribution in [0.4, 0.5) is 17.5 Å². The molecule has 14 heteroatoms.